The van der Waals surface area contributed by atoms with Gasteiger partial charge in [0.2, 0.25) is 0 Å². The molecule has 3 rings (SSSR count). The third-order valence-electron chi connectivity index (χ3n) is 4.42. The fraction of sp³-hybridized carbons (Fsp3) is 0.143. The van der Waals surface area contributed by atoms with Crippen LogP contribution in [-0.2, 0) is 16.0 Å². The van der Waals surface area contributed by atoms with Gasteiger partial charge in [-0.2, -0.15) is 5.26 Å². The molecule has 0 aliphatic carbocycles. The van der Waals surface area contributed by atoms with Crippen LogP contribution in [0.3, 0.4) is 0 Å². The first-order valence-electron chi connectivity index (χ1n) is 8.65. The van der Waals surface area contributed by atoms with Crippen LogP contribution in [0, 0.1) is 23.0 Å². The number of halogens is 3. The zero-order chi connectivity index (χ0) is 21.8. The second-order valence-corrected chi connectivity index (χ2v) is 7.14. The lowest BCUT2D eigenvalue weighted by atomic mass is 9.99. The molecule has 0 saturated heterocycles. The molecule has 0 fully saturated rings. The molecule has 1 aromatic heterocycles. The van der Waals surface area contributed by atoms with E-state index in [4.69, 9.17) is 10.00 Å². The van der Waals surface area contributed by atoms with E-state index in [2.05, 4.69) is 26.2 Å². The normalized spacial score (nSPS) is 11.6. The van der Waals surface area contributed by atoms with E-state index in [1.54, 1.807) is 18.2 Å². The maximum Gasteiger partial charge on any atom is 0.328 e. The third-order valence-corrected chi connectivity index (χ3v) is 5.06. The Morgan fingerprint density at radius 3 is 2.60 bits per heavy atom. The van der Waals surface area contributed by atoms with Gasteiger partial charge in [0.25, 0.3) is 5.91 Å². The smallest absolute Gasteiger partial charge is 0.328 e. The summed E-state index contributed by atoms with van der Waals surface area (Å²) in [6, 6.07) is 8.81. The summed E-state index contributed by atoms with van der Waals surface area (Å²) < 4.78 is 33.3. The highest BCUT2D eigenvalue weighted by molar-refractivity contribution is 9.10. The molecule has 3 aromatic rings. The number of aromatic nitrogens is 1. The molecule has 0 radical (unpaired) electrons. The van der Waals surface area contributed by atoms with Gasteiger partial charge in [-0.3, -0.25) is 9.78 Å². The number of rotatable bonds is 5. The van der Waals surface area contributed by atoms with Crippen LogP contribution in [0.25, 0.3) is 10.9 Å². The zero-order valence-corrected chi connectivity index (χ0v) is 17.2. The SMILES string of the molecule is COC(=O)[C@H](Cc1ccc(Br)c2ncc(C#N)cc12)NC(=O)c1c(F)cccc1F. The molecule has 2 aromatic carbocycles. The van der Waals surface area contributed by atoms with Gasteiger partial charge in [0.1, 0.15) is 29.3 Å². The van der Waals surface area contributed by atoms with Gasteiger partial charge in [0.05, 0.1) is 18.2 Å². The number of carbonyl (C=O) groups is 2. The van der Waals surface area contributed by atoms with Crippen molar-refractivity contribution in [3.63, 3.8) is 0 Å². The van der Waals surface area contributed by atoms with Crippen LogP contribution in [0.4, 0.5) is 8.78 Å². The Bertz CT molecular complexity index is 1170. The molecule has 1 N–H and O–H groups in total. The molecule has 0 aliphatic rings. The van der Waals surface area contributed by atoms with Gasteiger partial charge in [0.15, 0.2) is 0 Å². The minimum Gasteiger partial charge on any atom is -0.467 e. The van der Waals surface area contributed by atoms with Gasteiger partial charge in [-0.15, -0.1) is 0 Å². The van der Waals surface area contributed by atoms with Crippen LogP contribution < -0.4 is 5.32 Å². The van der Waals surface area contributed by atoms with Crippen molar-refractivity contribution < 1.29 is 23.1 Å². The van der Waals surface area contributed by atoms with E-state index in [1.165, 1.54) is 6.20 Å². The number of methoxy groups -OCH3 is 1. The predicted molar refractivity (Wildman–Crippen MR) is 107 cm³/mol. The topological polar surface area (TPSA) is 92.1 Å². The summed E-state index contributed by atoms with van der Waals surface area (Å²) >= 11 is 3.38. The number of nitrogens with zero attached hydrogens (tertiary/aromatic N) is 2. The van der Waals surface area contributed by atoms with Gasteiger partial charge in [-0.05, 0) is 45.8 Å². The minimum absolute atomic E-state index is 0.0468. The van der Waals surface area contributed by atoms with Crippen molar-refractivity contribution in [2.24, 2.45) is 0 Å². The molecule has 0 aliphatic heterocycles. The van der Waals surface area contributed by atoms with Gasteiger partial charge in [-0.25, -0.2) is 13.6 Å². The Morgan fingerprint density at radius 1 is 1.27 bits per heavy atom. The number of pyridine rings is 1. The predicted octanol–water partition coefficient (Wildman–Crippen LogP) is 3.66. The number of hydrogen-bond acceptors (Lipinski definition) is 5. The Labute approximate surface area is 178 Å². The van der Waals surface area contributed by atoms with Gasteiger partial charge in [-0.1, -0.05) is 12.1 Å². The van der Waals surface area contributed by atoms with Gasteiger partial charge >= 0.3 is 5.97 Å². The highest BCUT2D eigenvalue weighted by Gasteiger charge is 2.26. The van der Waals surface area contributed by atoms with E-state index in [-0.39, 0.29) is 6.42 Å². The molecule has 0 unspecified atom stereocenters. The number of fused-ring (bicyclic) bond motifs is 1. The van der Waals surface area contributed by atoms with E-state index >= 15 is 0 Å². The second-order valence-electron chi connectivity index (χ2n) is 6.29. The number of ether oxygens (including phenoxy) is 1. The molecule has 0 bridgehead atoms. The van der Waals surface area contributed by atoms with Crippen molar-refractivity contribution in [1.82, 2.24) is 10.3 Å². The van der Waals surface area contributed by atoms with E-state index in [1.807, 2.05) is 6.07 Å². The lowest BCUT2D eigenvalue weighted by Gasteiger charge is -2.18. The first-order chi connectivity index (χ1) is 14.3. The van der Waals surface area contributed by atoms with Crippen molar-refractivity contribution in [3.8, 4) is 6.07 Å². The summed E-state index contributed by atoms with van der Waals surface area (Å²) in [6.45, 7) is 0. The van der Waals surface area contributed by atoms with Crippen LogP contribution in [0.5, 0.6) is 0 Å². The molecule has 9 heteroatoms. The van der Waals surface area contributed by atoms with Crippen LogP contribution in [-0.4, -0.2) is 30.0 Å². The van der Waals surface area contributed by atoms with Crippen molar-refractivity contribution >= 4 is 38.7 Å². The van der Waals surface area contributed by atoms with Crippen molar-refractivity contribution in [1.29, 1.82) is 5.26 Å². The minimum atomic E-state index is -1.23. The molecule has 1 amide bonds. The lowest BCUT2D eigenvalue weighted by molar-refractivity contribution is -0.142. The molecule has 1 atom stereocenters. The van der Waals surface area contributed by atoms with E-state index < -0.39 is 35.1 Å². The number of nitrogens with one attached hydrogen (secondary N) is 1. The van der Waals surface area contributed by atoms with Crippen molar-refractivity contribution in [3.05, 3.63) is 75.4 Å². The van der Waals surface area contributed by atoms with Crippen LogP contribution in [0.15, 0.2) is 47.1 Å². The Morgan fingerprint density at radius 2 is 1.97 bits per heavy atom. The molecule has 152 valence electrons. The standard InChI is InChI=1S/C21H14BrF2N3O3/c1-30-21(29)17(27-20(28)18-15(23)3-2-4-16(18)24)8-12-5-6-14(22)19-13(12)7-11(9-25)10-26-19/h2-7,10,17H,8H2,1H3,(H,27,28)/t17-/m0/s1. The van der Waals surface area contributed by atoms with Crippen LogP contribution in [0.1, 0.15) is 21.5 Å². The fourth-order valence-electron chi connectivity index (χ4n) is 2.98. The van der Waals surface area contributed by atoms with E-state index in [9.17, 15) is 18.4 Å². The summed E-state index contributed by atoms with van der Waals surface area (Å²) in [5, 5.41) is 12.1. The lowest BCUT2D eigenvalue weighted by Crippen LogP contribution is -2.43. The zero-order valence-electron chi connectivity index (χ0n) is 15.6. The first-order valence-corrected chi connectivity index (χ1v) is 9.45. The number of esters is 1. The highest BCUT2D eigenvalue weighted by atomic mass is 79.9. The number of hydrogen-bond donors (Lipinski definition) is 1. The largest absolute Gasteiger partial charge is 0.467 e. The summed E-state index contributed by atoms with van der Waals surface area (Å²) in [5.41, 5.74) is 0.665. The maximum absolute atomic E-state index is 13.9. The van der Waals surface area contributed by atoms with Crippen molar-refractivity contribution in [2.75, 3.05) is 7.11 Å². The van der Waals surface area contributed by atoms with Crippen LogP contribution in [0.2, 0.25) is 0 Å². The molecule has 0 spiro atoms. The summed E-state index contributed by atoms with van der Waals surface area (Å²) in [6.07, 6.45) is 1.37. The molecule has 30 heavy (non-hydrogen) atoms. The molecular formula is C21H14BrF2N3O3. The molecule has 6 nitrogen and oxygen atoms in total. The quantitative estimate of drug-likeness (QED) is 0.570. The summed E-state index contributed by atoms with van der Waals surface area (Å²) in [4.78, 5) is 29.0. The first kappa shape index (κ1) is 21.3. The van der Waals surface area contributed by atoms with Crippen LogP contribution >= 0.6 is 15.9 Å². The number of nitriles is 1. The molecule has 1 heterocycles. The van der Waals surface area contributed by atoms with Gasteiger partial charge < -0.3 is 10.1 Å². The summed E-state index contributed by atoms with van der Waals surface area (Å²) in [7, 11) is 1.14. The average Bonchev–Trinajstić information content (AvgIpc) is 2.74. The summed E-state index contributed by atoms with van der Waals surface area (Å²) in [5.74, 6) is -3.97. The molecular weight excluding hydrogens is 460 g/mol. The second kappa shape index (κ2) is 8.97. The van der Waals surface area contributed by atoms with E-state index in [0.717, 1.165) is 25.3 Å². The van der Waals surface area contributed by atoms with Crippen molar-refractivity contribution in [2.45, 2.75) is 12.5 Å². The van der Waals surface area contributed by atoms with Gasteiger partial charge in [0, 0.05) is 22.5 Å². The maximum atomic E-state index is 13.9. The Hall–Kier alpha value is -3.38. The Kier molecular flexibility index (Phi) is 6.37. The molecule has 0 saturated carbocycles. The number of benzene rings is 2. The number of amides is 1. The number of carbonyl (C=O) groups excluding carboxylic acids is 2. The fourth-order valence-corrected chi connectivity index (χ4v) is 3.43. The average molecular weight is 474 g/mol. The third kappa shape index (κ3) is 4.28. The monoisotopic (exact) mass is 473 g/mol. The Balaban J connectivity index is 1.99. The van der Waals surface area contributed by atoms with E-state index in [0.29, 0.717) is 26.5 Å². The highest BCUT2D eigenvalue weighted by Crippen LogP contribution is 2.27.